The number of carbonyl (C=O) groups is 1. The van der Waals surface area contributed by atoms with Crippen LogP contribution in [0.15, 0.2) is 35.3 Å². The largest absolute Gasteiger partial charge is 0.465 e. The first-order chi connectivity index (χ1) is 10.1. The molecule has 0 amide bonds. The number of carbonyl (C=O) groups excluding carboxylic acids is 1. The predicted octanol–water partition coefficient (Wildman–Crippen LogP) is 2.95. The van der Waals surface area contributed by atoms with E-state index in [-0.39, 0.29) is 5.97 Å². The molecule has 0 atom stereocenters. The molecule has 0 radical (unpaired) electrons. The topological polar surface area (TPSA) is 41.9 Å². The summed E-state index contributed by atoms with van der Waals surface area (Å²) in [5.74, 6) is -0.281. The highest BCUT2D eigenvalue weighted by molar-refractivity contribution is 7.16. The highest BCUT2D eigenvalue weighted by Crippen LogP contribution is 2.32. The zero-order valence-electron chi connectivity index (χ0n) is 12.2. The van der Waals surface area contributed by atoms with Crippen molar-refractivity contribution in [1.29, 1.82) is 0 Å². The van der Waals surface area contributed by atoms with Crippen LogP contribution in [-0.4, -0.2) is 32.9 Å². The lowest BCUT2D eigenvalue weighted by atomic mass is 10.1. The monoisotopic (exact) mass is 300 g/mol. The van der Waals surface area contributed by atoms with Crippen LogP contribution in [0.5, 0.6) is 0 Å². The Morgan fingerprint density at radius 1 is 1.29 bits per heavy atom. The van der Waals surface area contributed by atoms with Crippen LogP contribution in [-0.2, 0) is 11.3 Å². The van der Waals surface area contributed by atoms with Crippen molar-refractivity contribution in [2.24, 2.45) is 4.99 Å². The Kier molecular flexibility index (Phi) is 3.51. The van der Waals surface area contributed by atoms with Gasteiger partial charge in [0.05, 0.1) is 24.2 Å². The second-order valence-electron chi connectivity index (χ2n) is 5.06. The Labute approximate surface area is 127 Å². The summed E-state index contributed by atoms with van der Waals surface area (Å²) in [4.78, 5) is 20.0. The van der Waals surface area contributed by atoms with E-state index in [9.17, 15) is 4.79 Å². The highest BCUT2D eigenvalue weighted by atomic mass is 32.1. The molecule has 108 valence electrons. The molecule has 0 aliphatic carbocycles. The van der Waals surface area contributed by atoms with Crippen molar-refractivity contribution in [3.8, 4) is 0 Å². The van der Waals surface area contributed by atoms with Crippen molar-refractivity contribution in [1.82, 2.24) is 0 Å². The van der Waals surface area contributed by atoms with Crippen molar-refractivity contribution in [3.63, 3.8) is 0 Å². The van der Waals surface area contributed by atoms with Crippen molar-refractivity contribution in [3.05, 3.63) is 51.2 Å². The number of nitrogens with zero attached hydrogens (tertiary/aromatic N) is 2. The number of aliphatic imine (C=N–C) groups is 1. The molecule has 2 heterocycles. The first-order valence-corrected chi connectivity index (χ1v) is 7.45. The third kappa shape index (κ3) is 2.45. The zero-order chi connectivity index (χ0) is 15.0. The molecule has 21 heavy (non-hydrogen) atoms. The second-order valence-corrected chi connectivity index (χ2v) is 6.11. The van der Waals surface area contributed by atoms with Gasteiger partial charge >= 0.3 is 5.97 Å². The molecule has 0 bridgehead atoms. The first kappa shape index (κ1) is 13.8. The third-order valence-electron chi connectivity index (χ3n) is 3.48. The lowest BCUT2D eigenvalue weighted by molar-refractivity contribution is 0.0606. The van der Waals surface area contributed by atoms with Gasteiger partial charge in [-0.1, -0.05) is 12.1 Å². The normalized spacial score (nSPS) is 12.8. The number of hydrogen-bond donors (Lipinski definition) is 0. The van der Waals surface area contributed by atoms with Crippen LogP contribution in [0.2, 0.25) is 0 Å². The molecule has 4 nitrogen and oxygen atoms in total. The summed E-state index contributed by atoms with van der Waals surface area (Å²) in [6, 6.07) is 10.2. The van der Waals surface area contributed by atoms with Gasteiger partial charge in [-0.05, 0) is 23.8 Å². The molecule has 1 aromatic heterocycles. The summed E-state index contributed by atoms with van der Waals surface area (Å²) in [7, 11) is 5.44. The highest BCUT2D eigenvalue weighted by Gasteiger charge is 2.23. The molecule has 3 rings (SSSR count). The van der Waals surface area contributed by atoms with E-state index < -0.39 is 0 Å². The number of rotatable bonds is 3. The average Bonchev–Trinajstić information content (AvgIpc) is 3.06. The van der Waals surface area contributed by atoms with Gasteiger partial charge in [0.2, 0.25) is 0 Å². The molecule has 0 spiro atoms. The van der Waals surface area contributed by atoms with Crippen LogP contribution in [0.4, 0.5) is 5.69 Å². The predicted molar refractivity (Wildman–Crippen MR) is 85.8 cm³/mol. The van der Waals surface area contributed by atoms with Crippen LogP contribution < -0.4 is 4.90 Å². The number of esters is 1. The van der Waals surface area contributed by atoms with E-state index >= 15 is 0 Å². The summed E-state index contributed by atoms with van der Waals surface area (Å²) in [5.41, 5.74) is 4.30. The lowest BCUT2D eigenvalue weighted by Crippen LogP contribution is -2.08. The SMILES string of the molecule is COC(=O)c1cc2c(s1)C(c1ccc(N(C)C)cc1)=NC2. The molecule has 1 aliphatic heterocycles. The van der Waals surface area contributed by atoms with E-state index in [1.54, 1.807) is 0 Å². The number of anilines is 1. The molecule has 0 saturated carbocycles. The summed E-state index contributed by atoms with van der Waals surface area (Å²) >= 11 is 1.45. The lowest BCUT2D eigenvalue weighted by Gasteiger charge is -2.12. The van der Waals surface area contributed by atoms with Crippen molar-refractivity contribution in [2.45, 2.75) is 6.54 Å². The number of benzene rings is 1. The molecule has 1 aromatic carbocycles. The van der Waals surface area contributed by atoms with Crippen LogP contribution in [0.1, 0.15) is 25.7 Å². The van der Waals surface area contributed by atoms with Crippen LogP contribution in [0.3, 0.4) is 0 Å². The maximum atomic E-state index is 11.6. The van der Waals surface area contributed by atoms with Gasteiger partial charge in [-0.2, -0.15) is 0 Å². The molecule has 0 N–H and O–H groups in total. The minimum absolute atomic E-state index is 0.281. The van der Waals surface area contributed by atoms with Gasteiger partial charge in [0, 0.05) is 25.3 Å². The Balaban J connectivity index is 1.93. The zero-order valence-corrected chi connectivity index (χ0v) is 13.0. The van der Waals surface area contributed by atoms with Crippen LogP contribution >= 0.6 is 11.3 Å². The molecule has 1 aliphatic rings. The van der Waals surface area contributed by atoms with E-state index in [4.69, 9.17) is 4.74 Å². The quantitative estimate of drug-likeness (QED) is 0.818. The van der Waals surface area contributed by atoms with Crippen LogP contribution in [0.25, 0.3) is 0 Å². The summed E-state index contributed by atoms with van der Waals surface area (Å²) in [6.07, 6.45) is 0. The van der Waals surface area contributed by atoms with Crippen molar-refractivity contribution < 1.29 is 9.53 Å². The fraction of sp³-hybridized carbons (Fsp3) is 0.250. The van der Waals surface area contributed by atoms with E-state index in [2.05, 4.69) is 34.2 Å². The Morgan fingerprint density at radius 2 is 2.00 bits per heavy atom. The van der Waals surface area contributed by atoms with Gasteiger partial charge in [-0.25, -0.2) is 4.79 Å². The average molecular weight is 300 g/mol. The van der Waals surface area contributed by atoms with E-state index in [0.29, 0.717) is 11.4 Å². The minimum Gasteiger partial charge on any atom is -0.465 e. The maximum absolute atomic E-state index is 11.6. The smallest absolute Gasteiger partial charge is 0.348 e. The number of ether oxygens (including phenoxy) is 1. The first-order valence-electron chi connectivity index (χ1n) is 6.63. The van der Waals surface area contributed by atoms with Crippen LogP contribution in [0, 0.1) is 0 Å². The van der Waals surface area contributed by atoms with Gasteiger partial charge in [0.15, 0.2) is 0 Å². The van der Waals surface area contributed by atoms with E-state index in [0.717, 1.165) is 27.4 Å². The van der Waals surface area contributed by atoms with Gasteiger partial charge < -0.3 is 9.64 Å². The number of thiophene rings is 1. The summed E-state index contributed by atoms with van der Waals surface area (Å²) < 4.78 is 4.78. The molecular formula is C16H16N2O2S. The van der Waals surface area contributed by atoms with Gasteiger partial charge in [0.25, 0.3) is 0 Å². The fourth-order valence-corrected chi connectivity index (χ4v) is 3.45. The number of fused-ring (bicyclic) bond motifs is 1. The summed E-state index contributed by atoms with van der Waals surface area (Å²) in [6.45, 7) is 0.633. The second kappa shape index (κ2) is 5.33. The number of methoxy groups -OCH3 is 1. The Hall–Kier alpha value is -2.14. The van der Waals surface area contributed by atoms with Crippen molar-refractivity contribution >= 4 is 28.7 Å². The molecule has 2 aromatic rings. The molecular weight excluding hydrogens is 284 g/mol. The minimum atomic E-state index is -0.281. The standard InChI is InChI=1S/C16H16N2O2S/c1-18(2)12-6-4-10(5-7-12)14-15-11(9-17-14)8-13(21-15)16(19)20-3/h4-8H,9H2,1-3H3. The molecule has 0 saturated heterocycles. The third-order valence-corrected chi connectivity index (χ3v) is 4.64. The molecule has 0 fully saturated rings. The molecule has 5 heteroatoms. The summed E-state index contributed by atoms with van der Waals surface area (Å²) in [5, 5.41) is 0. The van der Waals surface area contributed by atoms with E-state index in [1.165, 1.54) is 18.4 Å². The van der Waals surface area contributed by atoms with Crippen molar-refractivity contribution in [2.75, 3.05) is 26.1 Å². The van der Waals surface area contributed by atoms with E-state index in [1.807, 2.05) is 20.2 Å². The van der Waals surface area contributed by atoms with Gasteiger partial charge in [-0.15, -0.1) is 11.3 Å². The maximum Gasteiger partial charge on any atom is 0.348 e. The van der Waals surface area contributed by atoms with Gasteiger partial charge in [0.1, 0.15) is 4.88 Å². The molecule has 0 unspecified atom stereocenters. The van der Waals surface area contributed by atoms with Gasteiger partial charge in [-0.3, -0.25) is 4.99 Å². The number of hydrogen-bond acceptors (Lipinski definition) is 5. The fourth-order valence-electron chi connectivity index (χ4n) is 2.32. The Bertz CT molecular complexity index is 714. The Morgan fingerprint density at radius 3 is 2.62 bits per heavy atom.